The zero-order chi connectivity index (χ0) is 15.2. The van der Waals surface area contributed by atoms with Crippen molar-refractivity contribution in [3.8, 4) is 0 Å². The molecule has 0 amide bonds. The van der Waals surface area contributed by atoms with E-state index < -0.39 is 10.0 Å². The van der Waals surface area contributed by atoms with Crippen LogP contribution in [0.5, 0.6) is 0 Å². The van der Waals surface area contributed by atoms with E-state index >= 15 is 0 Å². The molecule has 0 aliphatic carbocycles. The fraction of sp³-hybridized carbons (Fsp3) is 0.538. The number of benzene rings is 1. The number of rotatable bonds is 8. The molecule has 0 bridgehead atoms. The Kier molecular flexibility index (Phi) is 6.64. The van der Waals surface area contributed by atoms with Crippen molar-refractivity contribution in [3.05, 3.63) is 18.2 Å². The van der Waals surface area contributed by atoms with Crippen LogP contribution in [0.1, 0.15) is 20.3 Å². The number of nitrogens with two attached hydrogens (primary N) is 1. The average Bonchev–Trinajstić information content (AvgIpc) is 2.41. The van der Waals surface area contributed by atoms with Gasteiger partial charge in [0.05, 0.1) is 16.3 Å². The summed E-state index contributed by atoms with van der Waals surface area (Å²) in [6.07, 6.45) is 1.00. The fourth-order valence-electron chi connectivity index (χ4n) is 1.69. The van der Waals surface area contributed by atoms with Gasteiger partial charge in [0.25, 0.3) is 0 Å². The van der Waals surface area contributed by atoms with Crippen LogP contribution in [-0.2, 0) is 10.0 Å². The largest absolute Gasteiger partial charge is 0.397 e. The molecular weight excluding hydrogens is 294 g/mol. The van der Waals surface area contributed by atoms with E-state index in [-0.39, 0.29) is 10.9 Å². The summed E-state index contributed by atoms with van der Waals surface area (Å²) in [6, 6.07) is 4.93. The summed E-state index contributed by atoms with van der Waals surface area (Å²) in [7, 11) is -2.05. The molecule has 0 saturated heterocycles. The fourth-order valence-corrected chi connectivity index (χ4v) is 3.25. The van der Waals surface area contributed by atoms with Gasteiger partial charge in [-0.05, 0) is 50.1 Å². The second kappa shape index (κ2) is 7.75. The van der Waals surface area contributed by atoms with Gasteiger partial charge in [-0.3, -0.25) is 0 Å². The Labute approximate surface area is 125 Å². The number of hydrogen-bond donors (Lipinski definition) is 3. The van der Waals surface area contributed by atoms with Crippen molar-refractivity contribution in [1.82, 2.24) is 4.72 Å². The monoisotopic (exact) mass is 317 g/mol. The molecule has 1 rings (SSSR count). The third kappa shape index (κ3) is 4.88. The Hall–Kier alpha value is -0.920. The third-order valence-corrected chi connectivity index (χ3v) is 5.25. The minimum Gasteiger partial charge on any atom is -0.397 e. The first-order valence-corrected chi connectivity index (χ1v) is 9.21. The summed E-state index contributed by atoms with van der Waals surface area (Å²) in [5.41, 5.74) is 7.11. The van der Waals surface area contributed by atoms with Crippen molar-refractivity contribution < 1.29 is 8.42 Å². The van der Waals surface area contributed by atoms with Crippen LogP contribution < -0.4 is 15.8 Å². The molecule has 114 valence electrons. The molecule has 0 aliphatic rings. The van der Waals surface area contributed by atoms with Gasteiger partial charge in [0.1, 0.15) is 0 Å². The van der Waals surface area contributed by atoms with E-state index in [0.29, 0.717) is 11.4 Å². The molecule has 1 aromatic carbocycles. The number of thioether (sulfide) groups is 1. The average molecular weight is 317 g/mol. The van der Waals surface area contributed by atoms with Gasteiger partial charge < -0.3 is 11.1 Å². The Morgan fingerprint density at radius 1 is 1.40 bits per heavy atom. The smallest absolute Gasteiger partial charge is 0.240 e. The quantitative estimate of drug-likeness (QED) is 0.505. The molecule has 0 spiro atoms. The molecule has 0 radical (unpaired) electrons. The number of sulfonamides is 1. The Balaban J connectivity index is 2.82. The molecule has 0 heterocycles. The van der Waals surface area contributed by atoms with Crippen molar-refractivity contribution in [3.63, 3.8) is 0 Å². The van der Waals surface area contributed by atoms with Crippen molar-refractivity contribution in [2.45, 2.75) is 31.2 Å². The SMILES string of the molecule is CCSCCC(C)Nc1cc(S(=O)(=O)NC)ccc1N. The van der Waals surface area contributed by atoms with Gasteiger partial charge in [-0.15, -0.1) is 0 Å². The first-order chi connectivity index (χ1) is 9.40. The van der Waals surface area contributed by atoms with Crippen LogP contribution in [0.15, 0.2) is 23.1 Å². The number of nitrogens with one attached hydrogen (secondary N) is 2. The molecule has 5 nitrogen and oxygen atoms in total. The molecule has 20 heavy (non-hydrogen) atoms. The lowest BCUT2D eigenvalue weighted by Gasteiger charge is -2.17. The molecule has 0 aromatic heterocycles. The van der Waals surface area contributed by atoms with Gasteiger partial charge >= 0.3 is 0 Å². The summed E-state index contributed by atoms with van der Waals surface area (Å²) >= 11 is 1.89. The molecule has 0 aliphatic heterocycles. The third-order valence-electron chi connectivity index (χ3n) is 2.91. The van der Waals surface area contributed by atoms with E-state index in [1.165, 1.54) is 13.1 Å². The predicted molar refractivity (Wildman–Crippen MR) is 87.8 cm³/mol. The highest BCUT2D eigenvalue weighted by molar-refractivity contribution is 7.99. The standard InChI is InChI=1S/C13H23N3O2S2/c1-4-19-8-7-10(2)16-13-9-11(5-6-12(13)14)20(17,18)15-3/h5-6,9-10,15-16H,4,7-8,14H2,1-3H3. The van der Waals surface area contributed by atoms with E-state index in [1.807, 2.05) is 11.8 Å². The molecule has 0 fully saturated rings. The second-order valence-electron chi connectivity index (χ2n) is 4.49. The van der Waals surface area contributed by atoms with Gasteiger partial charge in [0, 0.05) is 6.04 Å². The Morgan fingerprint density at radius 2 is 2.10 bits per heavy atom. The lowest BCUT2D eigenvalue weighted by molar-refractivity contribution is 0.588. The van der Waals surface area contributed by atoms with Crippen molar-refractivity contribution in [2.75, 3.05) is 29.6 Å². The molecule has 1 unspecified atom stereocenters. The molecule has 0 saturated carbocycles. The molecule has 4 N–H and O–H groups in total. The summed E-state index contributed by atoms with van der Waals surface area (Å²) < 4.78 is 25.9. The van der Waals surface area contributed by atoms with E-state index in [9.17, 15) is 8.42 Å². The summed E-state index contributed by atoms with van der Waals surface area (Å²) in [5.74, 6) is 2.17. The van der Waals surface area contributed by atoms with Crippen LogP contribution in [0.3, 0.4) is 0 Å². The van der Waals surface area contributed by atoms with Crippen LogP contribution >= 0.6 is 11.8 Å². The van der Waals surface area contributed by atoms with E-state index in [4.69, 9.17) is 5.73 Å². The van der Waals surface area contributed by atoms with Crippen molar-refractivity contribution in [1.29, 1.82) is 0 Å². The minimum atomic E-state index is -3.44. The first kappa shape index (κ1) is 17.1. The molecular formula is C13H23N3O2S2. The van der Waals surface area contributed by atoms with Crippen LogP contribution in [-0.4, -0.2) is 33.0 Å². The van der Waals surface area contributed by atoms with Crippen LogP contribution in [0.25, 0.3) is 0 Å². The summed E-state index contributed by atoms with van der Waals surface area (Å²) in [4.78, 5) is 0.215. The highest BCUT2D eigenvalue weighted by atomic mass is 32.2. The van der Waals surface area contributed by atoms with Crippen LogP contribution in [0.2, 0.25) is 0 Å². The first-order valence-electron chi connectivity index (χ1n) is 6.58. The van der Waals surface area contributed by atoms with Gasteiger partial charge in [-0.1, -0.05) is 6.92 Å². The zero-order valence-corrected chi connectivity index (χ0v) is 13.8. The maximum atomic E-state index is 11.8. The zero-order valence-electron chi connectivity index (χ0n) is 12.1. The van der Waals surface area contributed by atoms with E-state index in [1.54, 1.807) is 12.1 Å². The lowest BCUT2D eigenvalue weighted by Crippen LogP contribution is -2.20. The van der Waals surface area contributed by atoms with E-state index in [0.717, 1.165) is 17.9 Å². The number of nitrogen functional groups attached to an aromatic ring is 1. The second-order valence-corrected chi connectivity index (χ2v) is 7.77. The Bertz CT molecular complexity index is 532. The Morgan fingerprint density at radius 3 is 2.70 bits per heavy atom. The van der Waals surface area contributed by atoms with Gasteiger partial charge in [-0.2, -0.15) is 11.8 Å². The molecule has 7 heteroatoms. The lowest BCUT2D eigenvalue weighted by atomic mass is 10.2. The van der Waals surface area contributed by atoms with Crippen molar-refractivity contribution in [2.24, 2.45) is 0 Å². The molecule has 1 aromatic rings. The highest BCUT2D eigenvalue weighted by Crippen LogP contribution is 2.24. The van der Waals surface area contributed by atoms with Gasteiger partial charge in [0.2, 0.25) is 10.0 Å². The number of anilines is 2. The topological polar surface area (TPSA) is 84.2 Å². The van der Waals surface area contributed by atoms with Gasteiger partial charge in [0.15, 0.2) is 0 Å². The van der Waals surface area contributed by atoms with Crippen LogP contribution in [0.4, 0.5) is 11.4 Å². The van der Waals surface area contributed by atoms with Crippen molar-refractivity contribution >= 4 is 33.2 Å². The number of hydrogen-bond acceptors (Lipinski definition) is 5. The predicted octanol–water partition coefficient (Wildman–Crippen LogP) is 2.12. The van der Waals surface area contributed by atoms with Crippen LogP contribution in [0, 0.1) is 0 Å². The maximum Gasteiger partial charge on any atom is 0.240 e. The molecule has 1 atom stereocenters. The summed E-state index contributed by atoms with van der Waals surface area (Å²) in [6.45, 7) is 4.20. The summed E-state index contributed by atoms with van der Waals surface area (Å²) in [5, 5.41) is 3.28. The maximum absolute atomic E-state index is 11.8. The highest BCUT2D eigenvalue weighted by Gasteiger charge is 2.14. The van der Waals surface area contributed by atoms with E-state index in [2.05, 4.69) is 23.9 Å². The van der Waals surface area contributed by atoms with Gasteiger partial charge in [-0.25, -0.2) is 13.1 Å². The normalized spacial score (nSPS) is 13.2. The minimum absolute atomic E-state index is 0.215.